The van der Waals surface area contributed by atoms with E-state index in [1.807, 2.05) is 33.8 Å². The summed E-state index contributed by atoms with van der Waals surface area (Å²) in [5.74, 6) is -0.664. The number of para-hydroxylation sites is 1. The Morgan fingerprint density at radius 2 is 1.68 bits per heavy atom. The quantitative estimate of drug-likeness (QED) is 0.477. The maximum absolute atomic E-state index is 13.4. The Balaban J connectivity index is 2.41. The van der Waals surface area contributed by atoms with Gasteiger partial charge in [0.25, 0.3) is 5.69 Å². The van der Waals surface area contributed by atoms with E-state index in [2.05, 4.69) is 5.32 Å². The minimum atomic E-state index is -0.745. The number of hydrogen-bond acceptors (Lipinski definition) is 4. The summed E-state index contributed by atoms with van der Waals surface area (Å²) in [5.41, 5.74) is 0.400. The van der Waals surface area contributed by atoms with E-state index in [1.54, 1.807) is 36.4 Å². The van der Waals surface area contributed by atoms with E-state index in [0.717, 1.165) is 0 Å². The molecule has 7 nitrogen and oxygen atoms in total. The Labute approximate surface area is 187 Å². The number of carbonyl (C=O) groups is 2. The van der Waals surface area contributed by atoms with E-state index in [0.29, 0.717) is 22.6 Å². The number of rotatable bonds is 8. The van der Waals surface area contributed by atoms with Gasteiger partial charge in [-0.25, -0.2) is 0 Å². The van der Waals surface area contributed by atoms with Gasteiger partial charge in [0, 0.05) is 28.7 Å². The SMILES string of the molecule is CC[C@H](C(=O)NC(C)(C)C)N(Cc1ccccc1Cl)C(=O)Cc1ccccc1[N+](=O)[O-]. The summed E-state index contributed by atoms with van der Waals surface area (Å²) >= 11 is 6.31. The van der Waals surface area contributed by atoms with Gasteiger partial charge in [-0.1, -0.05) is 54.9 Å². The highest BCUT2D eigenvalue weighted by molar-refractivity contribution is 6.31. The lowest BCUT2D eigenvalue weighted by atomic mass is 10.0. The van der Waals surface area contributed by atoms with Gasteiger partial charge >= 0.3 is 0 Å². The second-order valence-electron chi connectivity index (χ2n) is 8.34. The number of amides is 2. The number of halogens is 1. The van der Waals surface area contributed by atoms with E-state index in [-0.39, 0.29) is 30.5 Å². The zero-order chi connectivity index (χ0) is 23.2. The van der Waals surface area contributed by atoms with Gasteiger partial charge in [0.1, 0.15) is 6.04 Å². The first kappa shape index (κ1) is 24.3. The Kier molecular flexibility index (Phi) is 8.16. The van der Waals surface area contributed by atoms with Crippen LogP contribution < -0.4 is 5.32 Å². The van der Waals surface area contributed by atoms with Gasteiger partial charge in [0.05, 0.1) is 11.3 Å². The van der Waals surface area contributed by atoms with Crippen LogP contribution >= 0.6 is 11.6 Å². The van der Waals surface area contributed by atoms with Crippen molar-refractivity contribution >= 4 is 29.1 Å². The largest absolute Gasteiger partial charge is 0.350 e. The predicted octanol–water partition coefficient (Wildman–Crippen LogP) is 4.51. The van der Waals surface area contributed by atoms with Crippen LogP contribution in [0.5, 0.6) is 0 Å². The minimum absolute atomic E-state index is 0.120. The van der Waals surface area contributed by atoms with Crippen molar-refractivity contribution in [3.8, 4) is 0 Å². The molecule has 0 bridgehead atoms. The molecule has 0 heterocycles. The second kappa shape index (κ2) is 10.4. The molecule has 0 fully saturated rings. The highest BCUT2D eigenvalue weighted by Crippen LogP contribution is 2.23. The summed E-state index contributed by atoms with van der Waals surface area (Å²) in [7, 11) is 0. The molecule has 1 N–H and O–H groups in total. The fraction of sp³-hybridized carbons (Fsp3) is 0.391. The first-order chi connectivity index (χ1) is 14.5. The molecule has 0 aliphatic rings. The molecule has 0 unspecified atom stereocenters. The Morgan fingerprint density at radius 1 is 1.10 bits per heavy atom. The van der Waals surface area contributed by atoms with Crippen LogP contribution in [0.2, 0.25) is 5.02 Å². The number of hydrogen-bond donors (Lipinski definition) is 1. The zero-order valence-corrected chi connectivity index (χ0v) is 19.0. The van der Waals surface area contributed by atoms with Crippen LogP contribution in [0.4, 0.5) is 5.69 Å². The topological polar surface area (TPSA) is 92.6 Å². The number of benzene rings is 2. The van der Waals surface area contributed by atoms with Crippen molar-refractivity contribution in [3.63, 3.8) is 0 Å². The molecule has 0 radical (unpaired) electrons. The molecule has 8 heteroatoms. The van der Waals surface area contributed by atoms with Gasteiger partial charge in [0.15, 0.2) is 0 Å². The number of nitrogens with one attached hydrogen (secondary N) is 1. The molecule has 0 aromatic heterocycles. The summed E-state index contributed by atoms with van der Waals surface area (Å²) in [6.45, 7) is 7.54. The molecule has 2 aromatic carbocycles. The summed E-state index contributed by atoms with van der Waals surface area (Å²) in [5, 5.41) is 14.8. The van der Waals surface area contributed by atoms with Crippen LogP contribution in [0.1, 0.15) is 45.2 Å². The van der Waals surface area contributed by atoms with E-state index < -0.39 is 16.5 Å². The number of nitro groups is 1. The third-order valence-electron chi connectivity index (χ3n) is 4.71. The molecule has 2 amide bonds. The Bertz CT molecular complexity index is 956. The third kappa shape index (κ3) is 6.79. The van der Waals surface area contributed by atoms with Crippen LogP contribution in [-0.4, -0.2) is 33.2 Å². The lowest BCUT2D eigenvalue weighted by molar-refractivity contribution is -0.385. The van der Waals surface area contributed by atoms with Crippen LogP contribution in [0, 0.1) is 10.1 Å². The molecule has 1 atom stereocenters. The van der Waals surface area contributed by atoms with Crippen LogP contribution in [0.3, 0.4) is 0 Å². The Morgan fingerprint density at radius 3 is 2.23 bits per heavy atom. The summed E-state index contributed by atoms with van der Waals surface area (Å²) in [4.78, 5) is 38.7. The predicted molar refractivity (Wildman–Crippen MR) is 121 cm³/mol. The van der Waals surface area contributed by atoms with Crippen LogP contribution in [0.15, 0.2) is 48.5 Å². The fourth-order valence-electron chi connectivity index (χ4n) is 3.29. The fourth-order valence-corrected chi connectivity index (χ4v) is 3.48. The van der Waals surface area contributed by atoms with Crippen LogP contribution in [0.25, 0.3) is 0 Å². The van der Waals surface area contributed by atoms with Gasteiger partial charge in [-0.15, -0.1) is 0 Å². The smallest absolute Gasteiger partial charge is 0.273 e. The standard InChI is InChI=1S/C23H28ClN3O4/c1-5-19(22(29)25-23(2,3)4)26(15-17-11-6-8-12-18(17)24)21(28)14-16-10-7-9-13-20(16)27(30)31/h6-13,19H,5,14-15H2,1-4H3,(H,25,29)/t19-/m1/s1. The van der Waals surface area contributed by atoms with E-state index in [4.69, 9.17) is 11.6 Å². The summed E-state index contributed by atoms with van der Waals surface area (Å²) < 4.78 is 0. The zero-order valence-electron chi connectivity index (χ0n) is 18.2. The monoisotopic (exact) mass is 445 g/mol. The molecule has 31 heavy (non-hydrogen) atoms. The Hall–Kier alpha value is -2.93. The van der Waals surface area contributed by atoms with E-state index >= 15 is 0 Å². The van der Waals surface area contributed by atoms with E-state index in [9.17, 15) is 19.7 Å². The molecule has 0 aliphatic heterocycles. The molecule has 0 saturated heterocycles. The van der Waals surface area contributed by atoms with Gasteiger partial charge in [0.2, 0.25) is 11.8 Å². The molecule has 166 valence electrons. The first-order valence-corrected chi connectivity index (χ1v) is 10.5. The summed E-state index contributed by atoms with van der Waals surface area (Å²) in [6, 6.07) is 12.5. The number of carbonyl (C=O) groups excluding carboxylic acids is 2. The molecular weight excluding hydrogens is 418 g/mol. The van der Waals surface area contributed by atoms with Crippen LogP contribution in [-0.2, 0) is 22.6 Å². The van der Waals surface area contributed by atoms with Crippen molar-refractivity contribution in [2.45, 2.75) is 58.7 Å². The molecule has 2 aromatic rings. The average Bonchev–Trinajstić information content (AvgIpc) is 2.68. The second-order valence-corrected chi connectivity index (χ2v) is 8.75. The number of nitrogens with zero attached hydrogens (tertiary/aromatic N) is 2. The van der Waals surface area contributed by atoms with Crippen molar-refractivity contribution in [1.82, 2.24) is 10.2 Å². The highest BCUT2D eigenvalue weighted by atomic mass is 35.5. The maximum Gasteiger partial charge on any atom is 0.273 e. The highest BCUT2D eigenvalue weighted by Gasteiger charge is 2.31. The molecule has 0 saturated carbocycles. The number of nitro benzene ring substituents is 1. The molecule has 2 rings (SSSR count). The summed E-state index contributed by atoms with van der Waals surface area (Å²) in [6.07, 6.45) is 0.190. The lowest BCUT2D eigenvalue weighted by Gasteiger charge is -2.33. The maximum atomic E-state index is 13.4. The normalized spacial score (nSPS) is 12.2. The van der Waals surface area contributed by atoms with Gasteiger partial charge in [-0.2, -0.15) is 0 Å². The van der Waals surface area contributed by atoms with Crippen molar-refractivity contribution in [3.05, 3.63) is 74.8 Å². The van der Waals surface area contributed by atoms with Crippen molar-refractivity contribution in [1.29, 1.82) is 0 Å². The minimum Gasteiger partial charge on any atom is -0.350 e. The van der Waals surface area contributed by atoms with Gasteiger partial charge < -0.3 is 10.2 Å². The average molecular weight is 446 g/mol. The lowest BCUT2D eigenvalue weighted by Crippen LogP contribution is -2.53. The molecule has 0 aliphatic carbocycles. The molecule has 0 spiro atoms. The third-order valence-corrected chi connectivity index (χ3v) is 5.08. The van der Waals surface area contributed by atoms with Crippen molar-refractivity contribution in [2.24, 2.45) is 0 Å². The molecular formula is C23H28ClN3O4. The van der Waals surface area contributed by atoms with Gasteiger partial charge in [-0.3, -0.25) is 19.7 Å². The van der Waals surface area contributed by atoms with Gasteiger partial charge in [-0.05, 0) is 38.8 Å². The van der Waals surface area contributed by atoms with Crippen molar-refractivity contribution < 1.29 is 14.5 Å². The van der Waals surface area contributed by atoms with Crippen molar-refractivity contribution in [2.75, 3.05) is 0 Å². The van der Waals surface area contributed by atoms with E-state index in [1.165, 1.54) is 11.0 Å². The first-order valence-electron chi connectivity index (χ1n) is 10.1.